The van der Waals surface area contributed by atoms with Crippen LogP contribution in [0.2, 0.25) is 10.0 Å². The summed E-state index contributed by atoms with van der Waals surface area (Å²) in [6.07, 6.45) is 1.49. The number of carbonyl (C=O) groups excluding carboxylic acids is 2. The van der Waals surface area contributed by atoms with E-state index in [4.69, 9.17) is 32.4 Å². The molecule has 1 fully saturated rings. The summed E-state index contributed by atoms with van der Waals surface area (Å²) in [5, 5.41) is 3.96. The number of nitrogens with one attached hydrogen (secondary N) is 1. The predicted molar refractivity (Wildman–Crippen MR) is 129 cm³/mol. The fourth-order valence-electron chi connectivity index (χ4n) is 3.60. The first-order valence-corrected chi connectivity index (χ1v) is 11.2. The van der Waals surface area contributed by atoms with E-state index in [1.54, 1.807) is 47.4 Å². The summed E-state index contributed by atoms with van der Waals surface area (Å²) < 4.78 is 10.7. The van der Waals surface area contributed by atoms with E-state index in [-0.39, 0.29) is 18.4 Å². The van der Waals surface area contributed by atoms with E-state index in [0.29, 0.717) is 53.4 Å². The second-order valence-corrected chi connectivity index (χ2v) is 8.48. The van der Waals surface area contributed by atoms with Crippen LogP contribution in [0.5, 0.6) is 5.75 Å². The minimum absolute atomic E-state index is 0.111. The van der Waals surface area contributed by atoms with Gasteiger partial charge in [0.25, 0.3) is 11.8 Å². The molecule has 2 heterocycles. The minimum Gasteiger partial charge on any atom is -0.484 e. The van der Waals surface area contributed by atoms with Gasteiger partial charge in [0.15, 0.2) is 12.4 Å². The fraction of sp³-hybridized carbons (Fsp3) is 0.250. The van der Waals surface area contributed by atoms with Crippen molar-refractivity contribution in [3.8, 4) is 5.75 Å². The molecule has 0 bridgehead atoms. The number of nitrogens with zero attached hydrogens (tertiary/aromatic N) is 2. The zero-order chi connectivity index (χ0) is 23.4. The number of carbonyl (C=O) groups is 2. The van der Waals surface area contributed by atoms with Crippen molar-refractivity contribution < 1.29 is 18.7 Å². The first-order chi connectivity index (χ1) is 15.9. The smallest absolute Gasteiger partial charge is 0.289 e. The Morgan fingerprint density at radius 3 is 2.48 bits per heavy atom. The Morgan fingerprint density at radius 1 is 1.03 bits per heavy atom. The molecular formula is C24H23Cl2N3O4. The number of amides is 2. The lowest BCUT2D eigenvalue weighted by molar-refractivity contribution is -0.118. The van der Waals surface area contributed by atoms with Gasteiger partial charge < -0.3 is 24.3 Å². The van der Waals surface area contributed by atoms with Crippen molar-refractivity contribution >= 4 is 46.4 Å². The van der Waals surface area contributed by atoms with E-state index < -0.39 is 0 Å². The molecule has 0 unspecified atom stereocenters. The van der Waals surface area contributed by atoms with Crippen LogP contribution in [0.15, 0.2) is 59.2 Å². The summed E-state index contributed by atoms with van der Waals surface area (Å²) in [4.78, 5) is 28.6. The van der Waals surface area contributed by atoms with E-state index in [2.05, 4.69) is 10.2 Å². The highest BCUT2D eigenvalue weighted by Gasteiger charge is 2.24. The zero-order valence-electron chi connectivity index (χ0n) is 18.0. The highest BCUT2D eigenvalue weighted by atomic mass is 35.5. The second-order valence-electron chi connectivity index (χ2n) is 7.67. The molecule has 4 rings (SSSR count). The Hall–Kier alpha value is -3.16. The second kappa shape index (κ2) is 10.2. The average molecular weight is 488 g/mol. The maximum Gasteiger partial charge on any atom is 0.289 e. The van der Waals surface area contributed by atoms with E-state index >= 15 is 0 Å². The van der Waals surface area contributed by atoms with Crippen molar-refractivity contribution in [2.75, 3.05) is 43.0 Å². The zero-order valence-corrected chi connectivity index (χ0v) is 19.5. The summed E-state index contributed by atoms with van der Waals surface area (Å²) in [6.45, 7) is 4.16. The number of benzene rings is 2. The Bertz CT molecular complexity index is 1140. The molecule has 172 valence electrons. The third-order valence-electron chi connectivity index (χ3n) is 5.37. The highest BCUT2D eigenvalue weighted by molar-refractivity contribution is 6.33. The van der Waals surface area contributed by atoms with Crippen LogP contribution in [-0.2, 0) is 4.79 Å². The van der Waals surface area contributed by atoms with Gasteiger partial charge in [0, 0.05) is 36.9 Å². The van der Waals surface area contributed by atoms with Gasteiger partial charge in [-0.05, 0) is 61.0 Å². The van der Waals surface area contributed by atoms with Gasteiger partial charge in [0.1, 0.15) is 5.75 Å². The van der Waals surface area contributed by atoms with E-state index in [9.17, 15) is 9.59 Å². The van der Waals surface area contributed by atoms with Crippen molar-refractivity contribution in [3.05, 3.63) is 76.2 Å². The highest BCUT2D eigenvalue weighted by Crippen LogP contribution is 2.30. The number of aryl methyl sites for hydroxylation is 1. The molecule has 0 aliphatic carbocycles. The standard InChI is InChI=1S/C24H23Cl2N3O4/c1-16-13-18(5-6-19(16)25)33-15-23(30)27-17-4-7-21(20(26)14-17)28-8-10-29(11-9-28)24(31)22-3-2-12-32-22/h2-7,12-14H,8-11,15H2,1H3,(H,27,30). The Labute approximate surface area is 201 Å². The molecule has 0 atom stereocenters. The number of hydrogen-bond donors (Lipinski definition) is 1. The molecule has 1 aliphatic rings. The SMILES string of the molecule is Cc1cc(OCC(=O)Nc2ccc(N3CCN(C(=O)c4ccco4)CC3)c(Cl)c2)ccc1Cl. The van der Waals surface area contributed by atoms with Crippen LogP contribution < -0.4 is 15.0 Å². The molecular weight excluding hydrogens is 465 g/mol. The minimum atomic E-state index is -0.295. The average Bonchev–Trinajstić information content (AvgIpc) is 3.35. The lowest BCUT2D eigenvalue weighted by Gasteiger charge is -2.36. The first kappa shape index (κ1) is 23.0. The molecule has 1 aromatic heterocycles. The van der Waals surface area contributed by atoms with Gasteiger partial charge >= 0.3 is 0 Å². The van der Waals surface area contributed by atoms with Gasteiger partial charge in [-0.3, -0.25) is 9.59 Å². The van der Waals surface area contributed by atoms with Crippen LogP contribution in [0.25, 0.3) is 0 Å². The number of halogens is 2. The summed E-state index contributed by atoms with van der Waals surface area (Å²) in [7, 11) is 0. The number of hydrogen-bond acceptors (Lipinski definition) is 5. The van der Waals surface area contributed by atoms with Crippen LogP contribution in [0.3, 0.4) is 0 Å². The molecule has 0 spiro atoms. The van der Waals surface area contributed by atoms with Crippen molar-refractivity contribution in [2.24, 2.45) is 0 Å². The molecule has 9 heteroatoms. The fourth-order valence-corrected chi connectivity index (χ4v) is 4.02. The molecule has 0 radical (unpaired) electrons. The molecule has 7 nitrogen and oxygen atoms in total. The number of rotatable bonds is 6. The van der Waals surface area contributed by atoms with Crippen molar-refractivity contribution in [1.82, 2.24) is 4.90 Å². The van der Waals surface area contributed by atoms with Gasteiger partial charge in [-0.1, -0.05) is 23.2 Å². The number of ether oxygens (including phenoxy) is 1. The Morgan fingerprint density at radius 2 is 1.82 bits per heavy atom. The maximum absolute atomic E-state index is 12.4. The van der Waals surface area contributed by atoms with E-state index in [1.807, 2.05) is 13.0 Å². The lowest BCUT2D eigenvalue weighted by atomic mass is 10.2. The largest absolute Gasteiger partial charge is 0.484 e. The van der Waals surface area contributed by atoms with Gasteiger partial charge in [-0.2, -0.15) is 0 Å². The lowest BCUT2D eigenvalue weighted by Crippen LogP contribution is -2.48. The molecule has 1 saturated heterocycles. The third kappa shape index (κ3) is 5.61. The monoisotopic (exact) mass is 487 g/mol. The van der Waals surface area contributed by atoms with Crippen LogP contribution in [0.4, 0.5) is 11.4 Å². The maximum atomic E-state index is 12.4. The predicted octanol–water partition coefficient (Wildman–Crippen LogP) is 4.87. The molecule has 0 saturated carbocycles. The van der Waals surface area contributed by atoms with Crippen molar-refractivity contribution in [1.29, 1.82) is 0 Å². The van der Waals surface area contributed by atoms with Gasteiger partial charge in [-0.15, -0.1) is 0 Å². The first-order valence-electron chi connectivity index (χ1n) is 10.5. The van der Waals surface area contributed by atoms with Crippen LogP contribution in [0.1, 0.15) is 16.1 Å². The third-order valence-corrected chi connectivity index (χ3v) is 6.10. The number of piperazine rings is 1. The van der Waals surface area contributed by atoms with Crippen LogP contribution in [-0.4, -0.2) is 49.5 Å². The van der Waals surface area contributed by atoms with Crippen LogP contribution >= 0.6 is 23.2 Å². The van der Waals surface area contributed by atoms with E-state index in [0.717, 1.165) is 11.3 Å². The summed E-state index contributed by atoms with van der Waals surface area (Å²) in [5.41, 5.74) is 2.31. The topological polar surface area (TPSA) is 75.0 Å². The van der Waals surface area contributed by atoms with Gasteiger partial charge in [0.05, 0.1) is 17.0 Å². The molecule has 2 aromatic carbocycles. The van der Waals surface area contributed by atoms with Crippen LogP contribution in [0, 0.1) is 6.92 Å². The molecule has 2 amide bonds. The molecule has 3 aromatic rings. The van der Waals surface area contributed by atoms with Crippen molar-refractivity contribution in [3.63, 3.8) is 0 Å². The molecule has 1 aliphatic heterocycles. The molecule has 1 N–H and O–H groups in total. The van der Waals surface area contributed by atoms with E-state index in [1.165, 1.54) is 6.26 Å². The summed E-state index contributed by atoms with van der Waals surface area (Å²) in [5.74, 6) is 0.512. The summed E-state index contributed by atoms with van der Waals surface area (Å²) in [6, 6.07) is 14.0. The molecule has 33 heavy (non-hydrogen) atoms. The quantitative estimate of drug-likeness (QED) is 0.536. The number of furan rings is 1. The van der Waals surface area contributed by atoms with Gasteiger partial charge in [0.2, 0.25) is 0 Å². The normalized spacial score (nSPS) is 13.7. The Kier molecular flexibility index (Phi) is 7.11. The van der Waals surface area contributed by atoms with Gasteiger partial charge in [-0.25, -0.2) is 0 Å². The number of anilines is 2. The van der Waals surface area contributed by atoms with Crippen molar-refractivity contribution in [2.45, 2.75) is 6.92 Å². The Balaban J connectivity index is 1.30. The summed E-state index contributed by atoms with van der Waals surface area (Å²) >= 11 is 12.5.